The van der Waals surface area contributed by atoms with Crippen LogP contribution in [0.25, 0.3) is 0 Å². The van der Waals surface area contributed by atoms with Crippen LogP contribution in [0, 0.1) is 6.92 Å². The van der Waals surface area contributed by atoms with Gasteiger partial charge in [-0.05, 0) is 30.7 Å². The maximum atomic E-state index is 12.2. The summed E-state index contributed by atoms with van der Waals surface area (Å²) < 4.78 is 32.2. The maximum Gasteiger partial charge on any atom is 0.240 e. The Bertz CT molecular complexity index is 534. The summed E-state index contributed by atoms with van der Waals surface area (Å²) in [7, 11) is -3.49. The quantitative estimate of drug-likeness (QED) is 0.758. The topological polar surface area (TPSA) is 84.7 Å². The van der Waals surface area contributed by atoms with Gasteiger partial charge >= 0.3 is 0 Å². The number of rotatable bonds is 5. The maximum absolute atomic E-state index is 12.2. The highest BCUT2D eigenvalue weighted by Gasteiger charge is 2.16. The zero-order valence-electron chi connectivity index (χ0n) is 11.6. The number of sulfonamides is 1. The van der Waals surface area contributed by atoms with Gasteiger partial charge in [0.05, 0.1) is 18.1 Å². The third kappa shape index (κ3) is 4.17. The number of anilines is 1. The van der Waals surface area contributed by atoms with Crippen LogP contribution in [0.15, 0.2) is 23.1 Å². The lowest BCUT2D eigenvalue weighted by Crippen LogP contribution is -2.41. The summed E-state index contributed by atoms with van der Waals surface area (Å²) in [5, 5.41) is 0. The second kappa shape index (κ2) is 6.53. The summed E-state index contributed by atoms with van der Waals surface area (Å²) in [6.07, 6.45) is 0. The van der Waals surface area contributed by atoms with Crippen molar-refractivity contribution < 1.29 is 13.2 Å². The van der Waals surface area contributed by atoms with Crippen molar-refractivity contribution in [2.45, 2.75) is 11.8 Å². The number of hydrogen-bond donors (Lipinski definition) is 2. The summed E-state index contributed by atoms with van der Waals surface area (Å²) in [6, 6.07) is 4.84. The molecule has 0 radical (unpaired) electrons. The zero-order valence-corrected chi connectivity index (χ0v) is 12.4. The minimum atomic E-state index is -3.49. The molecule has 0 spiro atoms. The highest BCUT2D eigenvalue weighted by Crippen LogP contribution is 2.15. The molecule has 1 aromatic carbocycles. The first-order valence-electron chi connectivity index (χ1n) is 6.64. The van der Waals surface area contributed by atoms with Gasteiger partial charge in [0.1, 0.15) is 0 Å². The minimum absolute atomic E-state index is 0.219. The number of hydrogen-bond acceptors (Lipinski definition) is 5. The van der Waals surface area contributed by atoms with Crippen LogP contribution in [0.3, 0.4) is 0 Å². The fourth-order valence-electron chi connectivity index (χ4n) is 2.18. The van der Waals surface area contributed by atoms with E-state index in [1.54, 1.807) is 12.1 Å². The molecular weight excluding hydrogens is 278 g/mol. The van der Waals surface area contributed by atoms with Crippen molar-refractivity contribution >= 4 is 15.7 Å². The molecule has 7 heteroatoms. The molecule has 0 saturated carbocycles. The number of benzene rings is 1. The van der Waals surface area contributed by atoms with E-state index in [0.29, 0.717) is 32.0 Å². The molecule has 0 amide bonds. The molecule has 0 bridgehead atoms. The van der Waals surface area contributed by atoms with Gasteiger partial charge in [-0.15, -0.1) is 0 Å². The molecule has 20 heavy (non-hydrogen) atoms. The first-order valence-corrected chi connectivity index (χ1v) is 8.13. The molecular formula is C13H21N3O3S. The average molecular weight is 299 g/mol. The molecule has 0 aromatic heterocycles. The number of aryl methyl sites for hydroxylation is 1. The Kier molecular flexibility index (Phi) is 4.98. The van der Waals surface area contributed by atoms with Crippen molar-refractivity contribution in [2.75, 3.05) is 45.1 Å². The lowest BCUT2D eigenvalue weighted by Gasteiger charge is -2.26. The van der Waals surface area contributed by atoms with Gasteiger partial charge < -0.3 is 10.5 Å². The van der Waals surface area contributed by atoms with Crippen LogP contribution in [0.2, 0.25) is 0 Å². The Morgan fingerprint density at radius 1 is 1.30 bits per heavy atom. The summed E-state index contributed by atoms with van der Waals surface area (Å²) in [5.74, 6) is 0. The molecule has 0 aliphatic carbocycles. The molecule has 1 saturated heterocycles. The van der Waals surface area contributed by atoms with Crippen LogP contribution in [0.5, 0.6) is 0 Å². The Hall–Kier alpha value is -1.15. The molecule has 2 rings (SSSR count). The molecule has 1 aliphatic heterocycles. The first kappa shape index (κ1) is 15.2. The van der Waals surface area contributed by atoms with Gasteiger partial charge in [-0.25, -0.2) is 13.1 Å². The smallest absolute Gasteiger partial charge is 0.240 e. The summed E-state index contributed by atoms with van der Waals surface area (Å²) >= 11 is 0. The predicted octanol–water partition coefficient (Wildman–Crippen LogP) is 0.188. The molecule has 6 nitrogen and oxygen atoms in total. The second-order valence-electron chi connectivity index (χ2n) is 4.93. The van der Waals surface area contributed by atoms with Crippen molar-refractivity contribution in [3.8, 4) is 0 Å². The van der Waals surface area contributed by atoms with E-state index in [1.807, 2.05) is 6.92 Å². The van der Waals surface area contributed by atoms with Crippen molar-refractivity contribution in [3.63, 3.8) is 0 Å². The minimum Gasteiger partial charge on any atom is -0.399 e. The van der Waals surface area contributed by atoms with Crippen LogP contribution in [-0.4, -0.2) is 52.7 Å². The summed E-state index contributed by atoms with van der Waals surface area (Å²) in [5.41, 5.74) is 6.98. The van der Waals surface area contributed by atoms with Gasteiger partial charge in [-0.1, -0.05) is 0 Å². The third-order valence-electron chi connectivity index (χ3n) is 3.21. The molecule has 1 aliphatic rings. The van der Waals surface area contributed by atoms with E-state index in [-0.39, 0.29) is 4.90 Å². The van der Waals surface area contributed by atoms with E-state index in [4.69, 9.17) is 10.5 Å². The van der Waals surface area contributed by atoms with E-state index >= 15 is 0 Å². The lowest BCUT2D eigenvalue weighted by molar-refractivity contribution is 0.0390. The Morgan fingerprint density at radius 2 is 2.00 bits per heavy atom. The fraction of sp³-hybridized carbons (Fsp3) is 0.538. The van der Waals surface area contributed by atoms with Crippen molar-refractivity contribution in [1.82, 2.24) is 9.62 Å². The van der Waals surface area contributed by atoms with Crippen LogP contribution in [0.1, 0.15) is 5.56 Å². The number of nitrogen functional groups attached to an aromatic ring is 1. The number of nitrogens with two attached hydrogens (primary N) is 1. The highest BCUT2D eigenvalue weighted by atomic mass is 32.2. The SMILES string of the molecule is Cc1cc(N)cc(S(=O)(=O)NCCN2CCOCC2)c1. The number of morpholine rings is 1. The molecule has 1 aromatic rings. The van der Waals surface area contributed by atoms with E-state index in [2.05, 4.69) is 9.62 Å². The van der Waals surface area contributed by atoms with Gasteiger partial charge in [0, 0.05) is 31.9 Å². The highest BCUT2D eigenvalue weighted by molar-refractivity contribution is 7.89. The number of nitrogens with one attached hydrogen (secondary N) is 1. The van der Waals surface area contributed by atoms with Gasteiger partial charge in [0.15, 0.2) is 0 Å². The normalized spacial score (nSPS) is 17.2. The Morgan fingerprint density at radius 3 is 2.65 bits per heavy atom. The number of ether oxygens (including phenoxy) is 1. The fourth-order valence-corrected chi connectivity index (χ4v) is 3.34. The largest absolute Gasteiger partial charge is 0.399 e. The van der Waals surface area contributed by atoms with Gasteiger partial charge in [0.2, 0.25) is 10.0 Å². The van der Waals surface area contributed by atoms with Gasteiger partial charge in [-0.2, -0.15) is 0 Å². The van der Waals surface area contributed by atoms with E-state index in [9.17, 15) is 8.42 Å². The van der Waals surface area contributed by atoms with E-state index < -0.39 is 10.0 Å². The van der Waals surface area contributed by atoms with Gasteiger partial charge in [0.25, 0.3) is 0 Å². The van der Waals surface area contributed by atoms with Gasteiger partial charge in [-0.3, -0.25) is 4.90 Å². The number of nitrogens with zero attached hydrogens (tertiary/aromatic N) is 1. The van der Waals surface area contributed by atoms with Crippen LogP contribution < -0.4 is 10.5 Å². The van der Waals surface area contributed by atoms with E-state index in [1.165, 1.54) is 6.07 Å². The molecule has 1 fully saturated rings. The summed E-state index contributed by atoms with van der Waals surface area (Å²) in [4.78, 5) is 2.40. The average Bonchev–Trinajstić information content (AvgIpc) is 2.38. The zero-order chi connectivity index (χ0) is 14.6. The Labute approximate surface area is 120 Å². The second-order valence-corrected chi connectivity index (χ2v) is 6.70. The molecule has 1 heterocycles. The van der Waals surface area contributed by atoms with Crippen LogP contribution in [-0.2, 0) is 14.8 Å². The lowest BCUT2D eigenvalue weighted by atomic mass is 10.2. The summed E-state index contributed by atoms with van der Waals surface area (Å²) in [6.45, 7) is 6.00. The van der Waals surface area contributed by atoms with Crippen LogP contribution >= 0.6 is 0 Å². The molecule has 0 atom stereocenters. The first-order chi connectivity index (χ1) is 9.47. The monoisotopic (exact) mass is 299 g/mol. The Balaban J connectivity index is 1.93. The molecule has 112 valence electrons. The predicted molar refractivity (Wildman–Crippen MR) is 78.0 cm³/mol. The van der Waals surface area contributed by atoms with Crippen molar-refractivity contribution in [2.24, 2.45) is 0 Å². The van der Waals surface area contributed by atoms with E-state index in [0.717, 1.165) is 18.7 Å². The standard InChI is InChI=1S/C13H21N3O3S/c1-11-8-12(14)10-13(9-11)20(17,18)15-2-3-16-4-6-19-7-5-16/h8-10,15H,2-7,14H2,1H3. The molecule has 3 N–H and O–H groups in total. The van der Waals surface area contributed by atoms with Crippen molar-refractivity contribution in [1.29, 1.82) is 0 Å². The van der Waals surface area contributed by atoms with Crippen molar-refractivity contribution in [3.05, 3.63) is 23.8 Å². The molecule has 0 unspecified atom stereocenters. The third-order valence-corrected chi connectivity index (χ3v) is 4.65. The van der Waals surface area contributed by atoms with Crippen LogP contribution in [0.4, 0.5) is 5.69 Å².